The standard InChI is InChI=1S/C23H21ClFN3/c24-20-6-2-1-5-18(20)13-14-26-15-23-27-21-7-3-4-8-22(21)28(23)16-17-9-11-19(25)12-10-17/h1-12,26H,13-16H2. The Kier molecular flexibility index (Phi) is 5.70. The van der Waals surface area contributed by atoms with Crippen molar-refractivity contribution in [1.82, 2.24) is 14.9 Å². The fourth-order valence-electron chi connectivity index (χ4n) is 3.33. The maximum Gasteiger partial charge on any atom is 0.124 e. The van der Waals surface area contributed by atoms with Gasteiger partial charge in [-0.25, -0.2) is 9.37 Å². The molecule has 4 aromatic rings. The number of hydrogen-bond acceptors (Lipinski definition) is 2. The summed E-state index contributed by atoms with van der Waals surface area (Å²) in [4.78, 5) is 4.79. The van der Waals surface area contributed by atoms with Gasteiger partial charge in [-0.05, 0) is 54.4 Å². The lowest BCUT2D eigenvalue weighted by molar-refractivity contribution is 0.620. The molecule has 1 aromatic heterocycles. The average Bonchev–Trinajstić information content (AvgIpc) is 3.06. The molecule has 0 unspecified atom stereocenters. The van der Waals surface area contributed by atoms with E-state index < -0.39 is 0 Å². The van der Waals surface area contributed by atoms with Gasteiger partial charge in [0.05, 0.1) is 17.6 Å². The molecule has 1 heterocycles. The number of fused-ring (bicyclic) bond motifs is 1. The number of para-hydroxylation sites is 2. The number of rotatable bonds is 7. The first-order valence-corrected chi connectivity index (χ1v) is 9.71. The summed E-state index contributed by atoms with van der Waals surface area (Å²) in [5.41, 5.74) is 4.22. The highest BCUT2D eigenvalue weighted by Crippen LogP contribution is 2.19. The minimum atomic E-state index is -0.222. The Hall–Kier alpha value is -2.69. The normalized spacial score (nSPS) is 11.2. The number of aromatic nitrogens is 2. The van der Waals surface area contributed by atoms with Crippen molar-refractivity contribution in [2.45, 2.75) is 19.5 Å². The number of halogens is 2. The molecule has 0 aliphatic rings. The Morgan fingerprint density at radius 1 is 0.929 bits per heavy atom. The molecule has 0 spiro atoms. The van der Waals surface area contributed by atoms with E-state index in [1.807, 2.05) is 54.6 Å². The molecule has 0 fully saturated rings. The van der Waals surface area contributed by atoms with E-state index in [0.717, 1.165) is 46.0 Å². The van der Waals surface area contributed by atoms with Gasteiger partial charge in [0.25, 0.3) is 0 Å². The van der Waals surface area contributed by atoms with Crippen LogP contribution in [0.1, 0.15) is 17.0 Å². The second-order valence-electron chi connectivity index (χ2n) is 6.75. The highest BCUT2D eigenvalue weighted by atomic mass is 35.5. The summed E-state index contributed by atoms with van der Waals surface area (Å²) in [5, 5.41) is 4.27. The zero-order valence-corrected chi connectivity index (χ0v) is 16.2. The van der Waals surface area contributed by atoms with E-state index in [9.17, 15) is 4.39 Å². The van der Waals surface area contributed by atoms with Crippen LogP contribution in [0.15, 0.2) is 72.8 Å². The summed E-state index contributed by atoms with van der Waals surface area (Å²) in [6.45, 7) is 2.12. The van der Waals surface area contributed by atoms with Gasteiger partial charge in [0, 0.05) is 11.6 Å². The fourth-order valence-corrected chi connectivity index (χ4v) is 3.56. The van der Waals surface area contributed by atoms with Gasteiger partial charge in [0.2, 0.25) is 0 Å². The van der Waals surface area contributed by atoms with Gasteiger partial charge < -0.3 is 9.88 Å². The summed E-state index contributed by atoms with van der Waals surface area (Å²) < 4.78 is 15.4. The highest BCUT2D eigenvalue weighted by molar-refractivity contribution is 6.31. The second-order valence-corrected chi connectivity index (χ2v) is 7.15. The predicted molar refractivity (Wildman–Crippen MR) is 112 cm³/mol. The Bertz CT molecular complexity index is 1070. The first kappa shape index (κ1) is 18.7. The van der Waals surface area contributed by atoms with Crippen LogP contribution in [0.3, 0.4) is 0 Å². The van der Waals surface area contributed by atoms with Gasteiger partial charge in [-0.15, -0.1) is 0 Å². The van der Waals surface area contributed by atoms with E-state index in [2.05, 4.69) is 16.0 Å². The van der Waals surface area contributed by atoms with E-state index in [1.54, 1.807) is 0 Å². The number of imidazole rings is 1. The summed E-state index contributed by atoms with van der Waals surface area (Å²) >= 11 is 6.23. The number of nitrogens with one attached hydrogen (secondary N) is 1. The van der Waals surface area contributed by atoms with Crippen LogP contribution in [0.4, 0.5) is 4.39 Å². The van der Waals surface area contributed by atoms with Crippen molar-refractivity contribution in [2.24, 2.45) is 0 Å². The van der Waals surface area contributed by atoms with Crippen LogP contribution in [0.25, 0.3) is 11.0 Å². The number of hydrogen-bond donors (Lipinski definition) is 1. The molecule has 0 amide bonds. The van der Waals surface area contributed by atoms with Crippen LogP contribution in [0.2, 0.25) is 5.02 Å². The van der Waals surface area contributed by atoms with Crippen LogP contribution in [0.5, 0.6) is 0 Å². The Morgan fingerprint density at radius 3 is 2.50 bits per heavy atom. The topological polar surface area (TPSA) is 29.9 Å². The molecule has 0 aliphatic heterocycles. The monoisotopic (exact) mass is 393 g/mol. The molecule has 1 N–H and O–H groups in total. The van der Waals surface area contributed by atoms with E-state index >= 15 is 0 Å². The molecule has 0 bridgehead atoms. The van der Waals surface area contributed by atoms with Gasteiger partial charge in [-0.3, -0.25) is 0 Å². The molecule has 142 valence electrons. The van der Waals surface area contributed by atoms with Crippen LogP contribution < -0.4 is 5.32 Å². The molecule has 3 aromatic carbocycles. The zero-order valence-electron chi connectivity index (χ0n) is 15.4. The minimum Gasteiger partial charge on any atom is -0.322 e. The summed E-state index contributed by atoms with van der Waals surface area (Å²) in [5.74, 6) is 0.741. The molecule has 5 heteroatoms. The van der Waals surface area contributed by atoms with Crippen LogP contribution in [-0.2, 0) is 19.5 Å². The van der Waals surface area contributed by atoms with E-state index in [4.69, 9.17) is 16.6 Å². The van der Waals surface area contributed by atoms with Crippen molar-refractivity contribution in [1.29, 1.82) is 0 Å². The molecule has 0 atom stereocenters. The van der Waals surface area contributed by atoms with E-state index in [0.29, 0.717) is 13.1 Å². The van der Waals surface area contributed by atoms with Crippen molar-refractivity contribution < 1.29 is 4.39 Å². The maximum absolute atomic E-state index is 13.2. The smallest absolute Gasteiger partial charge is 0.124 e. The molecule has 3 nitrogen and oxygen atoms in total. The van der Waals surface area contributed by atoms with Gasteiger partial charge in [0.15, 0.2) is 0 Å². The summed E-state index contributed by atoms with van der Waals surface area (Å²) in [7, 11) is 0. The molecule has 0 saturated carbocycles. The predicted octanol–water partition coefficient (Wildman–Crippen LogP) is 5.21. The van der Waals surface area contributed by atoms with Gasteiger partial charge >= 0.3 is 0 Å². The van der Waals surface area contributed by atoms with Gasteiger partial charge in [0.1, 0.15) is 11.6 Å². The van der Waals surface area contributed by atoms with Crippen molar-refractivity contribution >= 4 is 22.6 Å². The van der Waals surface area contributed by atoms with Crippen molar-refractivity contribution in [2.75, 3.05) is 6.54 Å². The molecule has 0 radical (unpaired) electrons. The molecule has 4 rings (SSSR count). The third-order valence-electron chi connectivity index (χ3n) is 4.80. The Labute approximate surface area is 168 Å². The SMILES string of the molecule is Fc1ccc(Cn2c(CNCCc3ccccc3Cl)nc3ccccc32)cc1. The molecular formula is C23H21ClFN3. The quantitative estimate of drug-likeness (QED) is 0.437. The van der Waals surface area contributed by atoms with Crippen molar-refractivity contribution in [3.05, 3.63) is 101 Å². The first-order valence-electron chi connectivity index (χ1n) is 9.33. The third-order valence-corrected chi connectivity index (χ3v) is 5.17. The van der Waals surface area contributed by atoms with Crippen LogP contribution in [0, 0.1) is 5.82 Å². The first-order chi connectivity index (χ1) is 13.7. The Balaban J connectivity index is 1.49. The van der Waals surface area contributed by atoms with E-state index in [-0.39, 0.29) is 5.82 Å². The average molecular weight is 394 g/mol. The molecule has 28 heavy (non-hydrogen) atoms. The summed E-state index contributed by atoms with van der Waals surface area (Å²) in [6, 6.07) is 22.6. The zero-order chi connectivity index (χ0) is 19.3. The van der Waals surface area contributed by atoms with E-state index in [1.165, 1.54) is 12.1 Å². The molecular weight excluding hydrogens is 373 g/mol. The van der Waals surface area contributed by atoms with Crippen LogP contribution in [-0.4, -0.2) is 16.1 Å². The lowest BCUT2D eigenvalue weighted by atomic mass is 10.1. The second kappa shape index (κ2) is 8.55. The van der Waals surface area contributed by atoms with Crippen molar-refractivity contribution in [3.8, 4) is 0 Å². The Morgan fingerprint density at radius 2 is 1.68 bits per heavy atom. The largest absolute Gasteiger partial charge is 0.322 e. The van der Waals surface area contributed by atoms with Gasteiger partial charge in [-0.2, -0.15) is 0 Å². The summed E-state index contributed by atoms with van der Waals surface area (Å²) in [6.07, 6.45) is 0.859. The lowest BCUT2D eigenvalue weighted by Crippen LogP contribution is -2.20. The highest BCUT2D eigenvalue weighted by Gasteiger charge is 2.11. The fraction of sp³-hybridized carbons (Fsp3) is 0.174. The number of nitrogens with zero attached hydrogens (tertiary/aromatic N) is 2. The maximum atomic E-state index is 13.2. The lowest BCUT2D eigenvalue weighted by Gasteiger charge is -2.11. The number of benzene rings is 3. The molecule has 0 saturated heterocycles. The van der Waals surface area contributed by atoms with Gasteiger partial charge in [-0.1, -0.05) is 54.1 Å². The third kappa shape index (κ3) is 4.24. The van der Waals surface area contributed by atoms with Crippen LogP contribution >= 0.6 is 11.6 Å². The van der Waals surface area contributed by atoms with Crippen molar-refractivity contribution in [3.63, 3.8) is 0 Å². The minimum absolute atomic E-state index is 0.222. The molecule has 0 aliphatic carbocycles.